The van der Waals surface area contributed by atoms with E-state index in [0.29, 0.717) is 19.6 Å². The first-order chi connectivity index (χ1) is 8.67. The van der Waals surface area contributed by atoms with E-state index < -0.39 is 0 Å². The number of carbonyl (C=O) groups excluding carboxylic acids is 1. The van der Waals surface area contributed by atoms with Crippen molar-refractivity contribution in [1.29, 1.82) is 0 Å². The summed E-state index contributed by atoms with van der Waals surface area (Å²) in [6.07, 6.45) is 2.31. The van der Waals surface area contributed by atoms with E-state index in [1.54, 1.807) is 0 Å². The minimum absolute atomic E-state index is 0.501. The Hall–Kier alpha value is -1.26. The zero-order chi connectivity index (χ0) is 13.4. The van der Waals surface area contributed by atoms with Crippen LogP contribution in [0.4, 0.5) is 0 Å². The van der Waals surface area contributed by atoms with Crippen LogP contribution in [0.25, 0.3) is 0 Å². The standard InChI is InChI=1S/C14H19NO2S/c1-3-17-15(11-16)10-4-5-14(18)13-8-6-12(2)7-9-13/h6-9,11H,3-5,10H2,1-2H3. The van der Waals surface area contributed by atoms with Crippen molar-refractivity contribution in [1.82, 2.24) is 5.06 Å². The first kappa shape index (κ1) is 14.8. The average Bonchev–Trinajstić information content (AvgIpc) is 2.38. The number of amides is 1. The minimum Gasteiger partial charge on any atom is -0.276 e. The summed E-state index contributed by atoms with van der Waals surface area (Å²) < 4.78 is 0. The van der Waals surface area contributed by atoms with Crippen molar-refractivity contribution in [2.45, 2.75) is 26.7 Å². The molecule has 0 saturated carbocycles. The number of hydrogen-bond donors (Lipinski definition) is 0. The average molecular weight is 265 g/mol. The Morgan fingerprint density at radius 2 is 2.06 bits per heavy atom. The molecule has 1 rings (SSSR count). The van der Waals surface area contributed by atoms with E-state index in [-0.39, 0.29) is 0 Å². The summed E-state index contributed by atoms with van der Waals surface area (Å²) in [5.74, 6) is 0. The number of aryl methyl sites for hydroxylation is 1. The Bertz CT molecular complexity index is 389. The molecule has 0 saturated heterocycles. The van der Waals surface area contributed by atoms with Gasteiger partial charge in [-0.1, -0.05) is 42.0 Å². The van der Waals surface area contributed by atoms with Crippen LogP contribution < -0.4 is 0 Å². The normalized spacial score (nSPS) is 10.1. The van der Waals surface area contributed by atoms with Crippen LogP contribution >= 0.6 is 12.2 Å². The van der Waals surface area contributed by atoms with E-state index in [1.165, 1.54) is 10.6 Å². The molecule has 0 radical (unpaired) electrons. The van der Waals surface area contributed by atoms with Crippen LogP contribution in [-0.4, -0.2) is 29.5 Å². The van der Waals surface area contributed by atoms with Crippen LogP contribution in [0.15, 0.2) is 24.3 Å². The number of hydrogen-bond acceptors (Lipinski definition) is 3. The third kappa shape index (κ3) is 4.94. The highest BCUT2D eigenvalue weighted by Crippen LogP contribution is 2.09. The van der Waals surface area contributed by atoms with E-state index in [9.17, 15) is 4.79 Å². The van der Waals surface area contributed by atoms with Gasteiger partial charge in [0.1, 0.15) is 0 Å². The van der Waals surface area contributed by atoms with Gasteiger partial charge in [-0.3, -0.25) is 9.63 Å². The van der Waals surface area contributed by atoms with Gasteiger partial charge in [0.2, 0.25) is 6.41 Å². The van der Waals surface area contributed by atoms with Gasteiger partial charge in [0, 0.05) is 11.4 Å². The highest BCUT2D eigenvalue weighted by Gasteiger charge is 2.04. The van der Waals surface area contributed by atoms with Crippen molar-refractivity contribution in [3.05, 3.63) is 35.4 Å². The van der Waals surface area contributed by atoms with Gasteiger partial charge in [0.25, 0.3) is 0 Å². The molecule has 0 N–H and O–H groups in total. The van der Waals surface area contributed by atoms with Crippen molar-refractivity contribution in [3.63, 3.8) is 0 Å². The molecule has 0 fully saturated rings. The maximum atomic E-state index is 10.6. The van der Waals surface area contributed by atoms with Gasteiger partial charge >= 0.3 is 0 Å². The van der Waals surface area contributed by atoms with Gasteiger partial charge in [-0.15, -0.1) is 0 Å². The molecule has 0 aromatic heterocycles. The molecule has 18 heavy (non-hydrogen) atoms. The van der Waals surface area contributed by atoms with Gasteiger partial charge in [-0.2, -0.15) is 0 Å². The van der Waals surface area contributed by atoms with Crippen LogP contribution in [0.1, 0.15) is 30.9 Å². The molecular formula is C14H19NO2S. The van der Waals surface area contributed by atoms with Crippen molar-refractivity contribution in [2.24, 2.45) is 0 Å². The topological polar surface area (TPSA) is 29.5 Å². The first-order valence-corrected chi connectivity index (χ1v) is 6.53. The van der Waals surface area contributed by atoms with Gasteiger partial charge in [-0.05, 0) is 32.3 Å². The van der Waals surface area contributed by atoms with E-state index >= 15 is 0 Å². The highest BCUT2D eigenvalue weighted by molar-refractivity contribution is 7.80. The third-order valence-corrected chi connectivity index (χ3v) is 3.01. The largest absolute Gasteiger partial charge is 0.276 e. The summed E-state index contributed by atoms with van der Waals surface area (Å²) in [7, 11) is 0. The predicted molar refractivity (Wildman–Crippen MR) is 76.5 cm³/mol. The van der Waals surface area contributed by atoms with Crippen LogP contribution in [0, 0.1) is 6.92 Å². The molecule has 98 valence electrons. The Morgan fingerprint density at radius 3 is 2.61 bits per heavy atom. The Kier molecular flexibility index (Phi) is 6.54. The molecule has 0 aliphatic rings. The number of hydroxylamine groups is 2. The molecule has 1 aromatic carbocycles. The monoisotopic (exact) mass is 265 g/mol. The molecule has 0 atom stereocenters. The fourth-order valence-corrected chi connectivity index (χ4v) is 1.87. The summed E-state index contributed by atoms with van der Waals surface area (Å²) in [4.78, 5) is 16.7. The number of rotatable bonds is 8. The Morgan fingerprint density at radius 1 is 1.39 bits per heavy atom. The van der Waals surface area contributed by atoms with Crippen molar-refractivity contribution in [3.8, 4) is 0 Å². The van der Waals surface area contributed by atoms with E-state index in [0.717, 1.165) is 23.3 Å². The zero-order valence-electron chi connectivity index (χ0n) is 10.9. The molecule has 1 aromatic rings. The first-order valence-electron chi connectivity index (χ1n) is 6.12. The fraction of sp³-hybridized carbons (Fsp3) is 0.429. The van der Waals surface area contributed by atoms with Crippen LogP contribution in [0.5, 0.6) is 0 Å². The molecule has 3 nitrogen and oxygen atoms in total. The lowest BCUT2D eigenvalue weighted by molar-refractivity contribution is -0.170. The summed E-state index contributed by atoms with van der Waals surface area (Å²) in [5.41, 5.74) is 2.31. The van der Waals surface area contributed by atoms with Crippen LogP contribution in [0.2, 0.25) is 0 Å². The maximum Gasteiger partial charge on any atom is 0.233 e. The van der Waals surface area contributed by atoms with E-state index in [1.807, 2.05) is 19.1 Å². The number of carbonyl (C=O) groups is 1. The second kappa shape index (κ2) is 7.95. The fourth-order valence-electron chi connectivity index (χ4n) is 1.59. The Labute approximate surface area is 114 Å². The lowest BCUT2D eigenvalue weighted by Gasteiger charge is -2.15. The highest BCUT2D eigenvalue weighted by atomic mass is 32.1. The summed E-state index contributed by atoms with van der Waals surface area (Å²) in [6.45, 7) is 4.98. The van der Waals surface area contributed by atoms with Crippen LogP contribution in [0.3, 0.4) is 0 Å². The molecule has 0 spiro atoms. The predicted octanol–water partition coefficient (Wildman–Crippen LogP) is 2.90. The lowest BCUT2D eigenvalue weighted by atomic mass is 10.1. The molecule has 4 heteroatoms. The molecule has 0 bridgehead atoms. The zero-order valence-corrected chi connectivity index (χ0v) is 11.7. The van der Waals surface area contributed by atoms with Crippen molar-refractivity contribution in [2.75, 3.05) is 13.2 Å². The SMILES string of the molecule is CCON(C=O)CCCC(=S)c1ccc(C)cc1. The second-order valence-electron chi connectivity index (χ2n) is 4.06. The molecule has 0 aliphatic carbocycles. The van der Waals surface area contributed by atoms with Gasteiger partial charge in [0.05, 0.1) is 6.61 Å². The van der Waals surface area contributed by atoms with E-state index in [2.05, 4.69) is 19.1 Å². The molecular weight excluding hydrogens is 246 g/mol. The third-order valence-electron chi connectivity index (χ3n) is 2.57. The van der Waals surface area contributed by atoms with Gasteiger partial charge in [-0.25, -0.2) is 5.06 Å². The summed E-state index contributed by atoms with van der Waals surface area (Å²) in [5, 5.41) is 1.32. The van der Waals surface area contributed by atoms with Gasteiger partial charge < -0.3 is 0 Å². The minimum atomic E-state index is 0.501. The van der Waals surface area contributed by atoms with Crippen molar-refractivity contribution >= 4 is 23.5 Å². The smallest absolute Gasteiger partial charge is 0.233 e. The lowest BCUT2D eigenvalue weighted by Crippen LogP contribution is -2.23. The van der Waals surface area contributed by atoms with Crippen molar-refractivity contribution < 1.29 is 9.63 Å². The number of benzene rings is 1. The number of nitrogens with zero attached hydrogens (tertiary/aromatic N) is 1. The summed E-state index contributed by atoms with van der Waals surface area (Å²) >= 11 is 5.37. The van der Waals surface area contributed by atoms with Crippen LogP contribution in [-0.2, 0) is 9.63 Å². The van der Waals surface area contributed by atoms with Gasteiger partial charge in [0.15, 0.2) is 0 Å². The Balaban J connectivity index is 2.37. The second-order valence-corrected chi connectivity index (χ2v) is 4.55. The molecule has 0 aliphatic heterocycles. The van der Waals surface area contributed by atoms with E-state index in [4.69, 9.17) is 17.1 Å². The quantitative estimate of drug-likeness (QED) is 0.313. The maximum absolute atomic E-state index is 10.6. The number of thiocarbonyl (C=S) groups is 1. The summed E-state index contributed by atoms with van der Waals surface area (Å²) in [6, 6.07) is 8.19. The molecule has 1 amide bonds. The molecule has 0 heterocycles. The molecule has 0 unspecified atom stereocenters.